The zero-order valence-corrected chi connectivity index (χ0v) is 31.3. The molecule has 0 bridgehead atoms. The van der Waals surface area contributed by atoms with Crippen LogP contribution < -0.4 is 0 Å². The fraction of sp³-hybridized carbons (Fsp3) is 0. The van der Waals surface area contributed by atoms with Crippen LogP contribution in [0.25, 0.3) is 111 Å². The van der Waals surface area contributed by atoms with Gasteiger partial charge in [-0.15, -0.1) is 0 Å². The molecule has 0 fully saturated rings. The highest BCUT2D eigenvalue weighted by atomic mass is 15.0. The summed E-state index contributed by atoms with van der Waals surface area (Å²) in [5.74, 6) is 1.94. The van der Waals surface area contributed by atoms with E-state index in [0.29, 0.717) is 17.5 Å². The Morgan fingerprint density at radius 3 is 1.47 bits per heavy atom. The van der Waals surface area contributed by atoms with E-state index in [1.165, 1.54) is 59.9 Å². The van der Waals surface area contributed by atoms with Gasteiger partial charge >= 0.3 is 0 Å². The molecule has 0 unspecified atom stereocenters. The standard InChI is InChI=1S/C53H33N5/c1-3-14-35(15-4-1)51-54-52(36-16-5-2-6-17-36)56-53(55-51)38-19-13-18-37(30-38)34-26-28-40(29-27-34)57-46-24-11-10-23-44(46)45-31-39-32-49-43-22-8-7-20-41(43)42-21-9-12-25-47(42)58(49)48(39)33-50(45)57/h1-33H. The number of pyridine rings is 1. The van der Waals surface area contributed by atoms with Crippen molar-refractivity contribution in [2.24, 2.45) is 0 Å². The number of nitrogens with zero attached hydrogens (tertiary/aromatic N) is 5. The van der Waals surface area contributed by atoms with Crippen LogP contribution in [0.5, 0.6) is 0 Å². The summed E-state index contributed by atoms with van der Waals surface area (Å²) in [5.41, 5.74) is 12.2. The Bertz CT molecular complexity index is 3490. The molecule has 8 aromatic carbocycles. The van der Waals surface area contributed by atoms with Crippen molar-refractivity contribution in [3.63, 3.8) is 0 Å². The summed E-state index contributed by atoms with van der Waals surface area (Å²) in [6.45, 7) is 0. The van der Waals surface area contributed by atoms with Gasteiger partial charge in [0.2, 0.25) is 0 Å². The summed E-state index contributed by atoms with van der Waals surface area (Å²) in [7, 11) is 0. The topological polar surface area (TPSA) is 48.0 Å². The van der Waals surface area contributed by atoms with E-state index >= 15 is 0 Å². The van der Waals surface area contributed by atoms with Gasteiger partial charge in [0.15, 0.2) is 17.5 Å². The first-order chi connectivity index (χ1) is 28.7. The zero-order chi connectivity index (χ0) is 38.2. The lowest BCUT2D eigenvalue weighted by molar-refractivity contribution is 1.07. The van der Waals surface area contributed by atoms with E-state index in [1.807, 2.05) is 60.7 Å². The molecule has 0 aliphatic carbocycles. The second-order valence-electron chi connectivity index (χ2n) is 14.9. The van der Waals surface area contributed by atoms with E-state index in [2.05, 4.69) is 148 Å². The van der Waals surface area contributed by atoms with Crippen LogP contribution in [0.4, 0.5) is 0 Å². The molecule has 5 nitrogen and oxygen atoms in total. The number of hydrogen-bond acceptors (Lipinski definition) is 3. The molecule has 12 rings (SSSR count). The van der Waals surface area contributed by atoms with Gasteiger partial charge in [0.05, 0.1) is 27.6 Å². The maximum atomic E-state index is 4.98. The molecule has 12 aromatic rings. The van der Waals surface area contributed by atoms with Crippen molar-refractivity contribution >= 4 is 59.9 Å². The molecule has 0 spiro atoms. The van der Waals surface area contributed by atoms with E-state index in [9.17, 15) is 0 Å². The minimum Gasteiger partial charge on any atom is -0.309 e. The second-order valence-corrected chi connectivity index (χ2v) is 14.9. The first-order valence-corrected chi connectivity index (χ1v) is 19.6. The molecule has 270 valence electrons. The average molecular weight is 740 g/mol. The van der Waals surface area contributed by atoms with Crippen LogP contribution in [0, 0.1) is 0 Å². The van der Waals surface area contributed by atoms with Gasteiger partial charge in [0, 0.05) is 49.3 Å². The lowest BCUT2D eigenvalue weighted by atomic mass is 10.0. The molecule has 0 saturated carbocycles. The molecule has 0 aliphatic heterocycles. The number of rotatable bonds is 5. The minimum absolute atomic E-state index is 0.640. The maximum Gasteiger partial charge on any atom is 0.164 e. The van der Waals surface area contributed by atoms with Crippen LogP contribution in [0.1, 0.15) is 0 Å². The van der Waals surface area contributed by atoms with Gasteiger partial charge < -0.3 is 8.97 Å². The van der Waals surface area contributed by atoms with Gasteiger partial charge in [0.1, 0.15) is 0 Å². The summed E-state index contributed by atoms with van der Waals surface area (Å²) in [5, 5.41) is 7.51. The lowest BCUT2D eigenvalue weighted by Gasteiger charge is -2.12. The monoisotopic (exact) mass is 739 g/mol. The van der Waals surface area contributed by atoms with Crippen molar-refractivity contribution in [1.82, 2.24) is 23.9 Å². The summed E-state index contributed by atoms with van der Waals surface area (Å²) >= 11 is 0. The normalized spacial score (nSPS) is 11.8. The molecule has 58 heavy (non-hydrogen) atoms. The predicted octanol–water partition coefficient (Wildman–Crippen LogP) is 13.3. The first kappa shape index (κ1) is 32.4. The van der Waals surface area contributed by atoms with Crippen molar-refractivity contribution in [3.8, 4) is 51.0 Å². The van der Waals surface area contributed by atoms with Crippen molar-refractivity contribution in [1.29, 1.82) is 0 Å². The molecule has 0 atom stereocenters. The number of aromatic nitrogens is 5. The number of fused-ring (bicyclic) bond motifs is 11. The van der Waals surface area contributed by atoms with Gasteiger partial charge in [-0.2, -0.15) is 0 Å². The van der Waals surface area contributed by atoms with Gasteiger partial charge in [-0.1, -0.05) is 152 Å². The average Bonchev–Trinajstić information content (AvgIpc) is 3.84. The molecule has 0 radical (unpaired) electrons. The van der Waals surface area contributed by atoms with E-state index in [0.717, 1.165) is 33.5 Å². The Balaban J connectivity index is 0.989. The summed E-state index contributed by atoms with van der Waals surface area (Å²) in [6, 6.07) is 71.0. The largest absolute Gasteiger partial charge is 0.309 e. The highest BCUT2D eigenvalue weighted by molar-refractivity contribution is 6.19. The third kappa shape index (κ3) is 5.07. The highest BCUT2D eigenvalue weighted by Crippen LogP contribution is 2.39. The van der Waals surface area contributed by atoms with Gasteiger partial charge in [-0.25, -0.2) is 15.0 Å². The highest BCUT2D eigenvalue weighted by Gasteiger charge is 2.18. The first-order valence-electron chi connectivity index (χ1n) is 19.6. The molecule has 5 heteroatoms. The fourth-order valence-electron chi connectivity index (χ4n) is 8.82. The quantitative estimate of drug-likeness (QED) is 0.165. The minimum atomic E-state index is 0.640. The van der Waals surface area contributed by atoms with Gasteiger partial charge in [-0.3, -0.25) is 0 Å². The number of benzene rings is 8. The van der Waals surface area contributed by atoms with Crippen molar-refractivity contribution in [3.05, 3.63) is 200 Å². The van der Waals surface area contributed by atoms with E-state index in [4.69, 9.17) is 15.0 Å². The second kappa shape index (κ2) is 12.8. The van der Waals surface area contributed by atoms with Crippen LogP contribution in [-0.4, -0.2) is 23.9 Å². The van der Waals surface area contributed by atoms with Crippen LogP contribution >= 0.6 is 0 Å². The fourth-order valence-corrected chi connectivity index (χ4v) is 8.82. The van der Waals surface area contributed by atoms with E-state index in [-0.39, 0.29) is 0 Å². The Morgan fingerprint density at radius 2 is 0.793 bits per heavy atom. The smallest absolute Gasteiger partial charge is 0.164 e. The number of hydrogen-bond donors (Lipinski definition) is 0. The summed E-state index contributed by atoms with van der Waals surface area (Å²) in [4.78, 5) is 14.8. The summed E-state index contributed by atoms with van der Waals surface area (Å²) < 4.78 is 4.86. The van der Waals surface area contributed by atoms with Crippen LogP contribution in [0.15, 0.2) is 200 Å². The van der Waals surface area contributed by atoms with Gasteiger partial charge in [0.25, 0.3) is 0 Å². The summed E-state index contributed by atoms with van der Waals surface area (Å²) in [6.07, 6.45) is 0. The van der Waals surface area contributed by atoms with Crippen LogP contribution in [0.2, 0.25) is 0 Å². The van der Waals surface area contributed by atoms with E-state index in [1.54, 1.807) is 0 Å². The Kier molecular flexibility index (Phi) is 7.16. The molecule has 0 N–H and O–H groups in total. The Hall–Kier alpha value is -7.89. The van der Waals surface area contributed by atoms with Crippen molar-refractivity contribution < 1.29 is 0 Å². The molecular weight excluding hydrogens is 707 g/mol. The van der Waals surface area contributed by atoms with Gasteiger partial charge in [-0.05, 0) is 65.0 Å². The van der Waals surface area contributed by atoms with Crippen molar-refractivity contribution in [2.75, 3.05) is 0 Å². The molecular formula is C53H33N5. The molecule has 0 aliphatic rings. The number of para-hydroxylation sites is 2. The lowest BCUT2D eigenvalue weighted by Crippen LogP contribution is -2.00. The third-order valence-corrected chi connectivity index (χ3v) is 11.5. The molecule has 4 heterocycles. The third-order valence-electron chi connectivity index (χ3n) is 11.5. The Labute approximate surface area is 333 Å². The van der Waals surface area contributed by atoms with E-state index < -0.39 is 0 Å². The van der Waals surface area contributed by atoms with Crippen LogP contribution in [-0.2, 0) is 0 Å². The molecule has 0 saturated heterocycles. The Morgan fingerprint density at radius 1 is 0.276 bits per heavy atom. The predicted molar refractivity (Wildman–Crippen MR) is 239 cm³/mol. The maximum absolute atomic E-state index is 4.98. The molecule has 4 aromatic heterocycles. The SMILES string of the molecule is c1ccc(-c2nc(-c3ccccc3)nc(-c3cccc(-c4ccc(-n5c6ccccc6c6cc7cc8c9ccccc9c9ccccc9n8c7cc65)cc4)c3)n2)cc1. The van der Waals surface area contributed by atoms with Crippen molar-refractivity contribution in [2.45, 2.75) is 0 Å². The zero-order valence-electron chi connectivity index (χ0n) is 31.3. The van der Waals surface area contributed by atoms with Crippen LogP contribution in [0.3, 0.4) is 0 Å². The molecule has 0 amide bonds.